The normalized spacial score (nSPS) is 33.9. The SMILES string of the molecule is O=C(N[C@H]1C2CC3CC1C[C@](O)(C3)C2)c1cnn(CCN2CCC(C(=O)O)CC2)c1OCC1CCCCC1. The van der Waals surface area contributed by atoms with Gasteiger partial charge in [0.05, 0.1) is 30.9 Å². The lowest BCUT2D eigenvalue weighted by Gasteiger charge is -2.58. The minimum absolute atomic E-state index is 0.110. The van der Waals surface area contributed by atoms with E-state index >= 15 is 0 Å². The van der Waals surface area contributed by atoms with Crippen LogP contribution in [-0.4, -0.2) is 74.7 Å². The molecule has 1 aromatic heterocycles. The zero-order valence-corrected chi connectivity index (χ0v) is 22.5. The summed E-state index contributed by atoms with van der Waals surface area (Å²) in [7, 11) is 0. The molecule has 210 valence electrons. The Morgan fingerprint density at radius 2 is 1.74 bits per heavy atom. The number of nitrogens with zero attached hydrogens (tertiary/aromatic N) is 3. The van der Waals surface area contributed by atoms with E-state index in [1.54, 1.807) is 6.20 Å². The number of carbonyl (C=O) groups excluding carboxylic acids is 1. The van der Waals surface area contributed by atoms with Gasteiger partial charge in [-0.1, -0.05) is 19.3 Å². The van der Waals surface area contributed by atoms with Crippen LogP contribution in [0.3, 0.4) is 0 Å². The summed E-state index contributed by atoms with van der Waals surface area (Å²) in [6, 6.07) is 0.115. The average molecular weight is 529 g/mol. The minimum Gasteiger partial charge on any atom is -0.481 e. The van der Waals surface area contributed by atoms with E-state index in [0.29, 0.717) is 61.1 Å². The quantitative estimate of drug-likeness (QED) is 0.450. The second-order valence-electron chi connectivity index (χ2n) is 13.0. The lowest BCUT2D eigenvalue weighted by Crippen LogP contribution is -2.61. The summed E-state index contributed by atoms with van der Waals surface area (Å²) in [6.07, 6.45) is 13.9. The Balaban J connectivity index is 1.13. The summed E-state index contributed by atoms with van der Waals surface area (Å²) in [6.45, 7) is 3.50. The van der Waals surface area contributed by atoms with Crippen LogP contribution in [-0.2, 0) is 11.3 Å². The molecule has 0 radical (unpaired) electrons. The first kappa shape index (κ1) is 26.1. The first-order valence-electron chi connectivity index (χ1n) is 15.0. The molecule has 1 aliphatic heterocycles. The summed E-state index contributed by atoms with van der Waals surface area (Å²) in [5, 5.41) is 28.2. The van der Waals surface area contributed by atoms with Crippen LogP contribution in [0.25, 0.3) is 0 Å². The summed E-state index contributed by atoms with van der Waals surface area (Å²) in [5.41, 5.74) is -0.00608. The largest absolute Gasteiger partial charge is 0.481 e. The van der Waals surface area contributed by atoms with Gasteiger partial charge in [0, 0.05) is 12.6 Å². The molecule has 2 unspecified atom stereocenters. The van der Waals surface area contributed by atoms with Gasteiger partial charge in [0.25, 0.3) is 5.91 Å². The Morgan fingerprint density at radius 3 is 2.39 bits per heavy atom. The third-order valence-corrected chi connectivity index (χ3v) is 10.3. The Hall–Kier alpha value is -2.13. The van der Waals surface area contributed by atoms with Crippen molar-refractivity contribution in [1.29, 1.82) is 0 Å². The fourth-order valence-corrected chi connectivity index (χ4v) is 8.48. The lowest BCUT2D eigenvalue weighted by molar-refractivity contribution is -0.143. The van der Waals surface area contributed by atoms with Crippen molar-refractivity contribution in [3.05, 3.63) is 11.8 Å². The van der Waals surface area contributed by atoms with E-state index in [1.807, 2.05) is 4.68 Å². The standard InChI is InChI=1S/C29H44N4O5/c34-26(31-25-22-12-20-13-23(25)16-29(37,14-20)15-22)24-17-30-33(27(24)38-18-19-4-2-1-3-5-19)11-10-32-8-6-21(7-9-32)28(35)36/h17,19-23,25,37H,1-16,18H2,(H,31,34)(H,35,36)/t20?,22?,23?,25-,29-. The van der Waals surface area contributed by atoms with Gasteiger partial charge in [0.1, 0.15) is 5.56 Å². The van der Waals surface area contributed by atoms with Crippen molar-refractivity contribution in [3.8, 4) is 5.88 Å². The van der Waals surface area contributed by atoms with E-state index in [2.05, 4.69) is 15.3 Å². The third-order valence-electron chi connectivity index (χ3n) is 10.3. The molecule has 2 heterocycles. The second-order valence-corrected chi connectivity index (χ2v) is 13.0. The van der Waals surface area contributed by atoms with Gasteiger partial charge < -0.3 is 25.2 Å². The zero-order chi connectivity index (χ0) is 26.3. The van der Waals surface area contributed by atoms with Crippen LogP contribution >= 0.6 is 0 Å². The van der Waals surface area contributed by atoms with E-state index in [-0.39, 0.29) is 17.9 Å². The van der Waals surface area contributed by atoms with E-state index < -0.39 is 11.6 Å². The number of ether oxygens (including phenoxy) is 1. The average Bonchev–Trinajstić information content (AvgIpc) is 3.31. The van der Waals surface area contributed by atoms with Crippen LogP contribution in [0.2, 0.25) is 0 Å². The number of aliphatic hydroxyl groups is 1. The van der Waals surface area contributed by atoms with Crippen LogP contribution in [0.4, 0.5) is 0 Å². The van der Waals surface area contributed by atoms with Gasteiger partial charge in [-0.05, 0) is 94.5 Å². The van der Waals surface area contributed by atoms with Crippen molar-refractivity contribution in [2.24, 2.45) is 29.6 Å². The highest BCUT2D eigenvalue weighted by Gasteiger charge is 2.55. The Morgan fingerprint density at radius 1 is 1.03 bits per heavy atom. The van der Waals surface area contributed by atoms with Crippen LogP contribution in [0, 0.1) is 29.6 Å². The molecule has 5 aliphatic carbocycles. The number of hydrogen-bond donors (Lipinski definition) is 3. The number of hydrogen-bond acceptors (Lipinski definition) is 6. The predicted octanol–water partition coefficient (Wildman–Crippen LogP) is 3.31. The molecule has 9 nitrogen and oxygen atoms in total. The van der Waals surface area contributed by atoms with Gasteiger partial charge in [-0.2, -0.15) is 5.10 Å². The van der Waals surface area contributed by atoms with Crippen molar-refractivity contribution in [2.45, 2.75) is 95.2 Å². The maximum absolute atomic E-state index is 13.6. The van der Waals surface area contributed by atoms with Crippen molar-refractivity contribution < 1.29 is 24.5 Å². The number of aliphatic carboxylic acids is 1. The molecule has 1 saturated heterocycles. The first-order chi connectivity index (χ1) is 18.4. The number of aromatic nitrogens is 2. The van der Waals surface area contributed by atoms with Crippen LogP contribution < -0.4 is 10.1 Å². The van der Waals surface area contributed by atoms with Crippen molar-refractivity contribution in [2.75, 3.05) is 26.2 Å². The molecule has 0 spiro atoms. The van der Waals surface area contributed by atoms with Gasteiger partial charge in [-0.25, -0.2) is 4.68 Å². The van der Waals surface area contributed by atoms with Crippen LogP contribution in [0.15, 0.2) is 6.20 Å². The molecule has 38 heavy (non-hydrogen) atoms. The number of piperidine rings is 1. The highest BCUT2D eigenvalue weighted by atomic mass is 16.5. The molecule has 1 aromatic rings. The molecular weight excluding hydrogens is 484 g/mol. The molecule has 9 heteroatoms. The highest BCUT2D eigenvalue weighted by molar-refractivity contribution is 5.96. The number of carbonyl (C=O) groups is 2. The predicted molar refractivity (Wildman–Crippen MR) is 141 cm³/mol. The van der Waals surface area contributed by atoms with Crippen molar-refractivity contribution in [1.82, 2.24) is 20.0 Å². The fraction of sp³-hybridized carbons (Fsp3) is 0.828. The molecule has 4 bridgehead atoms. The molecule has 2 atom stereocenters. The summed E-state index contributed by atoms with van der Waals surface area (Å²) >= 11 is 0. The summed E-state index contributed by atoms with van der Waals surface area (Å²) in [4.78, 5) is 27.2. The monoisotopic (exact) mass is 528 g/mol. The number of carboxylic acid groups (broad SMARTS) is 1. The number of carboxylic acids is 1. The zero-order valence-electron chi connectivity index (χ0n) is 22.5. The molecule has 6 aliphatic rings. The minimum atomic E-state index is -0.695. The summed E-state index contributed by atoms with van der Waals surface area (Å²) in [5.74, 6) is 1.34. The summed E-state index contributed by atoms with van der Waals surface area (Å²) < 4.78 is 8.22. The van der Waals surface area contributed by atoms with Crippen molar-refractivity contribution in [3.63, 3.8) is 0 Å². The van der Waals surface area contributed by atoms with Gasteiger partial charge >= 0.3 is 5.97 Å². The van der Waals surface area contributed by atoms with E-state index in [9.17, 15) is 19.8 Å². The molecular formula is C29H44N4O5. The number of likely N-dealkylation sites (tertiary alicyclic amines) is 1. The van der Waals surface area contributed by atoms with E-state index in [0.717, 1.165) is 51.7 Å². The second kappa shape index (κ2) is 10.8. The van der Waals surface area contributed by atoms with Crippen LogP contribution in [0.5, 0.6) is 5.88 Å². The van der Waals surface area contributed by atoms with Gasteiger partial charge in [0.2, 0.25) is 5.88 Å². The molecule has 3 N–H and O–H groups in total. The number of nitrogens with one attached hydrogen (secondary N) is 1. The third kappa shape index (κ3) is 5.46. The van der Waals surface area contributed by atoms with Gasteiger partial charge in [-0.3, -0.25) is 9.59 Å². The van der Waals surface area contributed by atoms with Gasteiger partial charge in [-0.15, -0.1) is 0 Å². The fourth-order valence-electron chi connectivity index (χ4n) is 8.48. The number of amides is 1. The van der Waals surface area contributed by atoms with Crippen LogP contribution in [0.1, 0.15) is 87.4 Å². The molecule has 7 rings (SSSR count). The Bertz CT molecular complexity index is 997. The van der Waals surface area contributed by atoms with Gasteiger partial charge in [0.15, 0.2) is 0 Å². The molecule has 5 saturated carbocycles. The first-order valence-corrected chi connectivity index (χ1v) is 15.0. The molecule has 1 amide bonds. The molecule has 6 fully saturated rings. The maximum atomic E-state index is 13.6. The topological polar surface area (TPSA) is 117 Å². The smallest absolute Gasteiger partial charge is 0.306 e. The van der Waals surface area contributed by atoms with E-state index in [1.165, 1.54) is 32.1 Å². The van der Waals surface area contributed by atoms with Crippen molar-refractivity contribution >= 4 is 11.9 Å². The Labute approximate surface area is 225 Å². The Kier molecular flexibility index (Phi) is 7.42. The van der Waals surface area contributed by atoms with E-state index in [4.69, 9.17) is 4.74 Å². The lowest BCUT2D eigenvalue weighted by atomic mass is 9.52. The number of rotatable bonds is 9. The maximum Gasteiger partial charge on any atom is 0.306 e. The highest BCUT2D eigenvalue weighted by Crippen LogP contribution is 2.55. The molecule has 0 aromatic carbocycles.